The summed E-state index contributed by atoms with van der Waals surface area (Å²) in [6, 6.07) is 2.36. The molecule has 3 heteroatoms. The SMILES string of the molecule is Cc1cc(C(=O)CN(C)C(C)C(C)(C)C)c(C)n1C. The van der Waals surface area contributed by atoms with Gasteiger partial charge in [0.25, 0.3) is 0 Å². The van der Waals surface area contributed by atoms with E-state index in [1.165, 1.54) is 0 Å². The number of rotatable bonds is 4. The summed E-state index contributed by atoms with van der Waals surface area (Å²) in [6.07, 6.45) is 0. The van der Waals surface area contributed by atoms with Gasteiger partial charge in [0.05, 0.1) is 6.54 Å². The van der Waals surface area contributed by atoms with Crippen LogP contribution in [0.3, 0.4) is 0 Å². The molecule has 1 heterocycles. The molecule has 0 N–H and O–H groups in total. The van der Waals surface area contributed by atoms with Crippen molar-refractivity contribution in [2.75, 3.05) is 13.6 Å². The molecule has 3 nitrogen and oxygen atoms in total. The lowest BCUT2D eigenvalue weighted by molar-refractivity contribution is 0.0853. The predicted octanol–water partition coefficient (Wildman–Crippen LogP) is 3.19. The van der Waals surface area contributed by atoms with Crippen molar-refractivity contribution in [1.82, 2.24) is 9.47 Å². The Hall–Kier alpha value is -1.09. The second-order valence-electron chi connectivity index (χ2n) is 6.72. The van der Waals surface area contributed by atoms with Crippen LogP contribution in [0, 0.1) is 19.3 Å². The molecule has 1 aromatic heterocycles. The third-order valence-electron chi connectivity index (χ3n) is 4.38. The summed E-state index contributed by atoms with van der Waals surface area (Å²) in [4.78, 5) is 14.6. The van der Waals surface area contributed by atoms with Crippen LogP contribution in [0.4, 0.5) is 0 Å². The summed E-state index contributed by atoms with van der Waals surface area (Å²) in [5.74, 6) is 0.208. The highest BCUT2D eigenvalue weighted by molar-refractivity contribution is 5.99. The lowest BCUT2D eigenvalue weighted by atomic mass is 9.87. The molecule has 1 unspecified atom stereocenters. The zero-order chi connectivity index (χ0) is 15.0. The van der Waals surface area contributed by atoms with E-state index in [1.807, 2.05) is 34.0 Å². The molecule has 19 heavy (non-hydrogen) atoms. The topological polar surface area (TPSA) is 25.2 Å². The smallest absolute Gasteiger partial charge is 0.178 e. The fourth-order valence-corrected chi connectivity index (χ4v) is 2.25. The number of carbonyl (C=O) groups is 1. The molecular weight excluding hydrogens is 236 g/mol. The van der Waals surface area contributed by atoms with Gasteiger partial charge in [-0.05, 0) is 39.3 Å². The number of ketones is 1. The van der Waals surface area contributed by atoms with Gasteiger partial charge in [0.1, 0.15) is 0 Å². The van der Waals surface area contributed by atoms with E-state index in [9.17, 15) is 4.79 Å². The summed E-state index contributed by atoms with van der Waals surface area (Å²) in [7, 11) is 4.03. The van der Waals surface area contributed by atoms with Crippen molar-refractivity contribution in [3.8, 4) is 0 Å². The van der Waals surface area contributed by atoms with E-state index in [0.717, 1.165) is 17.0 Å². The van der Waals surface area contributed by atoms with Gasteiger partial charge < -0.3 is 4.57 Å². The standard InChI is InChI=1S/C16H28N2O/c1-11-9-14(12(2)18(11)8)15(19)10-17(7)13(3)16(4,5)6/h9,13H,10H2,1-8H3. The molecule has 0 fully saturated rings. The minimum atomic E-state index is 0.177. The Morgan fingerprint density at radius 2 is 1.89 bits per heavy atom. The molecule has 0 amide bonds. The van der Waals surface area contributed by atoms with Crippen molar-refractivity contribution in [2.24, 2.45) is 12.5 Å². The van der Waals surface area contributed by atoms with Crippen LogP contribution < -0.4 is 0 Å². The summed E-state index contributed by atoms with van der Waals surface area (Å²) >= 11 is 0. The predicted molar refractivity (Wildman–Crippen MR) is 80.8 cm³/mol. The van der Waals surface area contributed by atoms with E-state index in [4.69, 9.17) is 0 Å². The molecule has 0 spiro atoms. The number of hydrogen-bond acceptors (Lipinski definition) is 2. The zero-order valence-electron chi connectivity index (χ0n) is 13.7. The highest BCUT2D eigenvalue weighted by Crippen LogP contribution is 2.23. The van der Waals surface area contributed by atoms with Crippen LogP contribution in [0.25, 0.3) is 0 Å². The molecule has 0 aromatic carbocycles. The monoisotopic (exact) mass is 264 g/mol. The van der Waals surface area contributed by atoms with Crippen molar-refractivity contribution >= 4 is 5.78 Å². The highest BCUT2D eigenvalue weighted by Gasteiger charge is 2.26. The van der Waals surface area contributed by atoms with Gasteiger partial charge >= 0.3 is 0 Å². The van der Waals surface area contributed by atoms with Gasteiger partial charge in [-0.15, -0.1) is 0 Å². The van der Waals surface area contributed by atoms with Crippen LogP contribution in [0.1, 0.15) is 49.4 Å². The molecule has 0 saturated carbocycles. The Labute approximate surface area is 117 Å². The third kappa shape index (κ3) is 3.47. The Balaban J connectivity index is 2.83. The van der Waals surface area contributed by atoms with Gasteiger partial charge in [-0.3, -0.25) is 9.69 Å². The maximum absolute atomic E-state index is 12.4. The molecule has 0 saturated heterocycles. The first-order chi connectivity index (χ1) is 8.55. The summed E-state index contributed by atoms with van der Waals surface area (Å²) in [5, 5.41) is 0. The van der Waals surface area contributed by atoms with Crippen molar-refractivity contribution in [3.63, 3.8) is 0 Å². The van der Waals surface area contributed by atoms with Gasteiger partial charge in [0.2, 0.25) is 0 Å². The Kier molecular flexibility index (Phi) is 4.62. The minimum Gasteiger partial charge on any atom is -0.351 e. The fraction of sp³-hybridized carbons (Fsp3) is 0.688. The number of aryl methyl sites for hydroxylation is 1. The van der Waals surface area contributed by atoms with E-state index in [0.29, 0.717) is 12.6 Å². The number of Topliss-reactive ketones (excluding diaryl/α,β-unsaturated/α-hetero) is 1. The molecule has 0 bridgehead atoms. The molecule has 1 rings (SSSR count). The number of aromatic nitrogens is 1. The average molecular weight is 264 g/mol. The van der Waals surface area contributed by atoms with Crippen LogP contribution in [0.15, 0.2) is 6.07 Å². The van der Waals surface area contributed by atoms with E-state index in [2.05, 4.69) is 37.2 Å². The van der Waals surface area contributed by atoms with Crippen molar-refractivity contribution in [1.29, 1.82) is 0 Å². The quantitative estimate of drug-likeness (QED) is 0.780. The summed E-state index contributed by atoms with van der Waals surface area (Å²) in [5.41, 5.74) is 3.22. The van der Waals surface area contributed by atoms with Crippen LogP contribution in [0.5, 0.6) is 0 Å². The first-order valence-electron chi connectivity index (χ1n) is 6.92. The molecule has 0 aliphatic rings. The zero-order valence-corrected chi connectivity index (χ0v) is 13.7. The van der Waals surface area contributed by atoms with E-state index in [1.54, 1.807) is 0 Å². The number of carbonyl (C=O) groups excluding carboxylic acids is 1. The lowest BCUT2D eigenvalue weighted by Crippen LogP contribution is -2.42. The van der Waals surface area contributed by atoms with Gasteiger partial charge in [0, 0.05) is 30.0 Å². The van der Waals surface area contributed by atoms with Crippen LogP contribution in [0.2, 0.25) is 0 Å². The van der Waals surface area contributed by atoms with E-state index in [-0.39, 0.29) is 11.2 Å². The van der Waals surface area contributed by atoms with E-state index >= 15 is 0 Å². The largest absolute Gasteiger partial charge is 0.351 e. The number of nitrogens with zero attached hydrogens (tertiary/aromatic N) is 2. The Morgan fingerprint density at radius 3 is 2.26 bits per heavy atom. The first-order valence-corrected chi connectivity index (χ1v) is 6.92. The average Bonchev–Trinajstić information content (AvgIpc) is 2.54. The third-order valence-corrected chi connectivity index (χ3v) is 4.38. The maximum Gasteiger partial charge on any atom is 0.178 e. The first kappa shape index (κ1) is 16.0. The Bertz CT molecular complexity index is 466. The Morgan fingerprint density at radius 1 is 1.37 bits per heavy atom. The van der Waals surface area contributed by atoms with Crippen LogP contribution in [-0.2, 0) is 7.05 Å². The van der Waals surface area contributed by atoms with Crippen molar-refractivity contribution in [3.05, 3.63) is 23.0 Å². The number of likely N-dealkylation sites (N-methyl/N-ethyl adjacent to an activating group) is 1. The molecule has 0 aliphatic heterocycles. The van der Waals surface area contributed by atoms with Crippen LogP contribution >= 0.6 is 0 Å². The second-order valence-corrected chi connectivity index (χ2v) is 6.72. The van der Waals surface area contributed by atoms with Gasteiger partial charge in [-0.25, -0.2) is 0 Å². The van der Waals surface area contributed by atoms with Gasteiger partial charge in [-0.2, -0.15) is 0 Å². The normalized spacial score (nSPS) is 13.9. The minimum absolute atomic E-state index is 0.177. The number of hydrogen-bond donors (Lipinski definition) is 0. The summed E-state index contributed by atoms with van der Waals surface area (Å²) in [6.45, 7) is 13.3. The van der Waals surface area contributed by atoms with E-state index < -0.39 is 0 Å². The molecule has 1 aromatic rings. The highest BCUT2D eigenvalue weighted by atomic mass is 16.1. The maximum atomic E-state index is 12.4. The lowest BCUT2D eigenvalue weighted by Gasteiger charge is -2.34. The van der Waals surface area contributed by atoms with Crippen molar-refractivity contribution < 1.29 is 4.79 Å². The molecule has 0 aliphatic carbocycles. The van der Waals surface area contributed by atoms with Crippen molar-refractivity contribution in [2.45, 2.75) is 47.6 Å². The van der Waals surface area contributed by atoms with Gasteiger partial charge in [-0.1, -0.05) is 20.8 Å². The van der Waals surface area contributed by atoms with Crippen LogP contribution in [-0.4, -0.2) is 34.9 Å². The second kappa shape index (κ2) is 5.49. The van der Waals surface area contributed by atoms with Gasteiger partial charge in [0.15, 0.2) is 5.78 Å². The molecular formula is C16H28N2O. The summed E-state index contributed by atoms with van der Waals surface area (Å²) < 4.78 is 2.07. The fourth-order valence-electron chi connectivity index (χ4n) is 2.25. The molecule has 1 atom stereocenters. The molecule has 0 radical (unpaired) electrons. The molecule has 108 valence electrons.